The van der Waals surface area contributed by atoms with Crippen LogP contribution in [0.25, 0.3) is 0 Å². The van der Waals surface area contributed by atoms with Crippen LogP contribution in [0.15, 0.2) is 36.7 Å². The van der Waals surface area contributed by atoms with Crippen molar-refractivity contribution in [1.82, 2.24) is 19.6 Å². The van der Waals surface area contributed by atoms with Crippen LogP contribution in [-0.2, 0) is 13.1 Å². The van der Waals surface area contributed by atoms with Crippen molar-refractivity contribution in [3.05, 3.63) is 47.8 Å². The van der Waals surface area contributed by atoms with Gasteiger partial charge in [-0.15, -0.1) is 0 Å². The number of carbonyl (C=O) groups excluding carboxylic acids is 1. The second-order valence-corrected chi connectivity index (χ2v) is 7.82. The molecule has 0 atom stereocenters. The lowest BCUT2D eigenvalue weighted by Gasteiger charge is -2.31. The Morgan fingerprint density at radius 2 is 1.82 bits per heavy atom. The molecule has 2 aliphatic rings. The summed E-state index contributed by atoms with van der Waals surface area (Å²) in [6.45, 7) is 7.82. The number of rotatable bonds is 6. The molecule has 28 heavy (non-hydrogen) atoms. The summed E-state index contributed by atoms with van der Waals surface area (Å²) in [5.41, 5.74) is 2.04. The maximum atomic E-state index is 12.4. The SMILES string of the molecule is CCn1cc(CN2CCC(Oc3ccc(C(=O)N4CCCC4)cc3)CC2)cn1. The Hall–Kier alpha value is -2.34. The number of piperidine rings is 1. The molecule has 0 spiro atoms. The summed E-state index contributed by atoms with van der Waals surface area (Å²) < 4.78 is 8.14. The number of likely N-dealkylation sites (tertiary alicyclic amines) is 2. The number of aromatic nitrogens is 2. The van der Waals surface area contributed by atoms with E-state index in [0.717, 1.165) is 76.3 Å². The Bertz CT molecular complexity index is 772. The van der Waals surface area contributed by atoms with Crippen LogP contribution in [0.1, 0.15) is 48.5 Å². The minimum absolute atomic E-state index is 0.142. The van der Waals surface area contributed by atoms with E-state index in [9.17, 15) is 4.79 Å². The molecule has 3 heterocycles. The number of benzene rings is 1. The number of aryl methyl sites for hydroxylation is 1. The minimum atomic E-state index is 0.142. The van der Waals surface area contributed by atoms with Gasteiger partial charge in [-0.2, -0.15) is 5.10 Å². The molecule has 0 N–H and O–H groups in total. The van der Waals surface area contributed by atoms with Crippen molar-refractivity contribution < 1.29 is 9.53 Å². The molecule has 0 radical (unpaired) electrons. The highest BCUT2D eigenvalue weighted by Gasteiger charge is 2.22. The van der Waals surface area contributed by atoms with Crippen LogP contribution in [0, 0.1) is 0 Å². The van der Waals surface area contributed by atoms with E-state index in [1.165, 1.54) is 5.56 Å². The molecule has 0 aliphatic carbocycles. The molecule has 6 heteroatoms. The van der Waals surface area contributed by atoms with E-state index in [1.54, 1.807) is 0 Å². The molecular formula is C22H30N4O2. The molecule has 0 saturated carbocycles. The Balaban J connectivity index is 1.24. The first-order chi connectivity index (χ1) is 13.7. The first-order valence-electron chi connectivity index (χ1n) is 10.5. The molecule has 1 aromatic heterocycles. The van der Waals surface area contributed by atoms with Gasteiger partial charge in [-0.1, -0.05) is 0 Å². The van der Waals surface area contributed by atoms with Gasteiger partial charge in [0.2, 0.25) is 0 Å². The van der Waals surface area contributed by atoms with E-state index in [4.69, 9.17) is 4.74 Å². The van der Waals surface area contributed by atoms with Crippen LogP contribution in [0.5, 0.6) is 5.75 Å². The Morgan fingerprint density at radius 1 is 1.11 bits per heavy atom. The lowest BCUT2D eigenvalue weighted by Crippen LogP contribution is -2.37. The molecular weight excluding hydrogens is 352 g/mol. The van der Waals surface area contributed by atoms with Crippen molar-refractivity contribution >= 4 is 5.91 Å². The molecule has 2 aliphatic heterocycles. The second-order valence-electron chi connectivity index (χ2n) is 7.82. The quantitative estimate of drug-likeness (QED) is 0.770. The second kappa shape index (κ2) is 8.78. The highest BCUT2D eigenvalue weighted by atomic mass is 16.5. The summed E-state index contributed by atoms with van der Waals surface area (Å²) in [7, 11) is 0. The van der Waals surface area contributed by atoms with Crippen molar-refractivity contribution in [2.45, 2.75) is 51.8 Å². The van der Waals surface area contributed by atoms with Gasteiger partial charge in [0.25, 0.3) is 5.91 Å². The maximum Gasteiger partial charge on any atom is 0.253 e. The van der Waals surface area contributed by atoms with Crippen molar-refractivity contribution in [1.29, 1.82) is 0 Å². The van der Waals surface area contributed by atoms with Gasteiger partial charge in [0.15, 0.2) is 0 Å². The third-order valence-electron chi connectivity index (χ3n) is 5.75. The summed E-state index contributed by atoms with van der Waals surface area (Å²) in [4.78, 5) is 16.8. The molecule has 2 saturated heterocycles. The van der Waals surface area contributed by atoms with Gasteiger partial charge >= 0.3 is 0 Å². The predicted molar refractivity (Wildman–Crippen MR) is 108 cm³/mol. The average molecular weight is 383 g/mol. The zero-order chi connectivity index (χ0) is 19.3. The number of ether oxygens (including phenoxy) is 1. The number of amides is 1. The van der Waals surface area contributed by atoms with E-state index < -0.39 is 0 Å². The highest BCUT2D eigenvalue weighted by Crippen LogP contribution is 2.22. The molecule has 0 unspecified atom stereocenters. The summed E-state index contributed by atoms with van der Waals surface area (Å²) >= 11 is 0. The van der Waals surface area contributed by atoms with Gasteiger partial charge in [-0.25, -0.2) is 0 Å². The average Bonchev–Trinajstić information content (AvgIpc) is 3.42. The van der Waals surface area contributed by atoms with Gasteiger partial charge in [-0.05, 0) is 56.9 Å². The van der Waals surface area contributed by atoms with E-state index >= 15 is 0 Å². The molecule has 1 aromatic carbocycles. The standard InChI is InChI=1S/C22H30N4O2/c1-2-26-17-18(15-23-26)16-24-13-9-21(10-14-24)28-20-7-5-19(6-8-20)22(27)25-11-3-4-12-25/h5-8,15,17,21H,2-4,9-14,16H2,1H3. The number of hydrogen-bond acceptors (Lipinski definition) is 4. The lowest BCUT2D eigenvalue weighted by atomic mass is 10.1. The fraction of sp³-hybridized carbons (Fsp3) is 0.545. The van der Waals surface area contributed by atoms with Crippen molar-refractivity contribution in [2.24, 2.45) is 0 Å². The normalized spacial score (nSPS) is 18.5. The van der Waals surface area contributed by atoms with Crippen molar-refractivity contribution in [3.63, 3.8) is 0 Å². The number of hydrogen-bond donors (Lipinski definition) is 0. The van der Waals surface area contributed by atoms with Gasteiger partial charge in [0.05, 0.1) is 6.20 Å². The van der Waals surface area contributed by atoms with Crippen molar-refractivity contribution in [3.8, 4) is 5.75 Å². The highest BCUT2D eigenvalue weighted by molar-refractivity contribution is 5.94. The van der Waals surface area contributed by atoms with Gasteiger partial charge in [0, 0.05) is 56.6 Å². The topological polar surface area (TPSA) is 50.6 Å². The monoisotopic (exact) mass is 382 g/mol. The minimum Gasteiger partial charge on any atom is -0.490 e. The van der Waals surface area contributed by atoms with Crippen LogP contribution in [0.2, 0.25) is 0 Å². The van der Waals surface area contributed by atoms with E-state index in [1.807, 2.05) is 40.0 Å². The van der Waals surface area contributed by atoms with Gasteiger partial charge in [0.1, 0.15) is 11.9 Å². The van der Waals surface area contributed by atoms with Crippen LogP contribution in [-0.4, -0.2) is 57.8 Å². The third-order valence-corrected chi connectivity index (χ3v) is 5.75. The zero-order valence-electron chi connectivity index (χ0n) is 16.7. The largest absolute Gasteiger partial charge is 0.490 e. The molecule has 1 amide bonds. The Labute approximate surface area is 167 Å². The Morgan fingerprint density at radius 3 is 2.46 bits per heavy atom. The first kappa shape index (κ1) is 19.0. The smallest absolute Gasteiger partial charge is 0.253 e. The zero-order valence-corrected chi connectivity index (χ0v) is 16.7. The molecule has 6 nitrogen and oxygen atoms in total. The molecule has 150 valence electrons. The van der Waals surface area contributed by atoms with E-state index in [2.05, 4.69) is 23.1 Å². The van der Waals surface area contributed by atoms with Crippen LogP contribution in [0.4, 0.5) is 0 Å². The number of nitrogens with zero attached hydrogens (tertiary/aromatic N) is 4. The molecule has 2 aromatic rings. The summed E-state index contributed by atoms with van der Waals surface area (Å²) in [5, 5.41) is 4.35. The van der Waals surface area contributed by atoms with Crippen molar-refractivity contribution in [2.75, 3.05) is 26.2 Å². The fourth-order valence-corrected chi connectivity index (χ4v) is 4.08. The van der Waals surface area contributed by atoms with Gasteiger partial charge in [-0.3, -0.25) is 14.4 Å². The lowest BCUT2D eigenvalue weighted by molar-refractivity contribution is 0.0792. The fourth-order valence-electron chi connectivity index (χ4n) is 4.08. The first-order valence-corrected chi connectivity index (χ1v) is 10.5. The third kappa shape index (κ3) is 4.55. The van der Waals surface area contributed by atoms with Crippen LogP contribution in [0.3, 0.4) is 0 Å². The van der Waals surface area contributed by atoms with Crippen LogP contribution >= 0.6 is 0 Å². The molecule has 0 bridgehead atoms. The van der Waals surface area contributed by atoms with Gasteiger partial charge < -0.3 is 9.64 Å². The van der Waals surface area contributed by atoms with E-state index in [-0.39, 0.29) is 12.0 Å². The number of carbonyl (C=O) groups is 1. The summed E-state index contributed by atoms with van der Waals surface area (Å²) in [6.07, 6.45) is 8.63. The van der Waals surface area contributed by atoms with Crippen LogP contribution < -0.4 is 4.74 Å². The predicted octanol–water partition coefficient (Wildman–Crippen LogP) is 3.18. The molecule has 2 fully saturated rings. The molecule has 4 rings (SSSR count). The summed E-state index contributed by atoms with van der Waals surface area (Å²) in [6, 6.07) is 7.68. The summed E-state index contributed by atoms with van der Waals surface area (Å²) in [5.74, 6) is 1.00. The Kier molecular flexibility index (Phi) is 5.95. The van der Waals surface area contributed by atoms with E-state index in [0.29, 0.717) is 0 Å². The maximum absolute atomic E-state index is 12.4.